The van der Waals surface area contributed by atoms with Gasteiger partial charge in [0.15, 0.2) is 0 Å². The fourth-order valence-electron chi connectivity index (χ4n) is 1.41. The third-order valence-corrected chi connectivity index (χ3v) is 2.40. The van der Waals surface area contributed by atoms with Gasteiger partial charge in [0.05, 0.1) is 12.0 Å². The molecule has 0 fully saturated rings. The van der Waals surface area contributed by atoms with Gasteiger partial charge in [-0.15, -0.1) is 0 Å². The van der Waals surface area contributed by atoms with Gasteiger partial charge >= 0.3 is 6.03 Å². The molecule has 0 N–H and O–H groups in total. The van der Waals surface area contributed by atoms with E-state index in [1.54, 1.807) is 9.80 Å². The van der Waals surface area contributed by atoms with E-state index in [1.165, 1.54) is 0 Å². The van der Waals surface area contributed by atoms with Crippen LogP contribution in [0.2, 0.25) is 0 Å². The van der Waals surface area contributed by atoms with Gasteiger partial charge in [-0.1, -0.05) is 0 Å². The molecule has 4 heteroatoms. The summed E-state index contributed by atoms with van der Waals surface area (Å²) in [6.45, 7) is 10.3. The van der Waals surface area contributed by atoms with Crippen LogP contribution in [0.4, 0.5) is 4.79 Å². The van der Waals surface area contributed by atoms with E-state index in [0.29, 0.717) is 26.2 Å². The lowest BCUT2D eigenvalue weighted by atomic mass is 10.2. The Kier molecular flexibility index (Phi) is 6.52. The standard InChI is InChI=1S/C11H21N3O/c1-5-13(6-2)11(15)14(7-3)9-10(4)8-12/h10H,5-7,9H2,1-4H3. The van der Waals surface area contributed by atoms with Crippen LogP contribution in [0, 0.1) is 17.2 Å². The fourth-order valence-corrected chi connectivity index (χ4v) is 1.41. The number of nitrogens with zero attached hydrogens (tertiary/aromatic N) is 3. The van der Waals surface area contributed by atoms with E-state index in [9.17, 15) is 4.79 Å². The van der Waals surface area contributed by atoms with E-state index >= 15 is 0 Å². The molecular formula is C11H21N3O. The molecule has 0 aliphatic rings. The predicted molar refractivity (Wildman–Crippen MR) is 60.3 cm³/mol. The second kappa shape index (κ2) is 7.10. The van der Waals surface area contributed by atoms with Gasteiger partial charge in [-0.2, -0.15) is 5.26 Å². The van der Waals surface area contributed by atoms with Crippen LogP contribution in [0.1, 0.15) is 27.7 Å². The van der Waals surface area contributed by atoms with Crippen LogP contribution in [0.25, 0.3) is 0 Å². The highest BCUT2D eigenvalue weighted by atomic mass is 16.2. The maximum absolute atomic E-state index is 11.9. The minimum atomic E-state index is -0.107. The van der Waals surface area contributed by atoms with Crippen LogP contribution in [0.15, 0.2) is 0 Å². The summed E-state index contributed by atoms with van der Waals surface area (Å²) in [4.78, 5) is 15.4. The predicted octanol–water partition coefficient (Wildman–Crippen LogP) is 1.93. The number of rotatable bonds is 5. The molecule has 2 amide bonds. The van der Waals surface area contributed by atoms with E-state index in [0.717, 1.165) is 0 Å². The lowest BCUT2D eigenvalue weighted by Gasteiger charge is -2.29. The van der Waals surface area contributed by atoms with E-state index in [-0.39, 0.29) is 11.9 Å². The highest BCUT2D eigenvalue weighted by molar-refractivity contribution is 5.74. The summed E-state index contributed by atoms with van der Waals surface area (Å²) in [7, 11) is 0. The van der Waals surface area contributed by atoms with Crippen LogP contribution >= 0.6 is 0 Å². The van der Waals surface area contributed by atoms with Gasteiger partial charge in [0.1, 0.15) is 0 Å². The van der Waals surface area contributed by atoms with Crippen molar-refractivity contribution in [3.8, 4) is 6.07 Å². The van der Waals surface area contributed by atoms with Crippen molar-refractivity contribution in [1.82, 2.24) is 9.80 Å². The molecule has 1 unspecified atom stereocenters. The number of amides is 2. The van der Waals surface area contributed by atoms with Gasteiger partial charge < -0.3 is 9.80 Å². The lowest BCUT2D eigenvalue weighted by molar-refractivity contribution is 0.156. The Morgan fingerprint density at radius 2 is 1.67 bits per heavy atom. The van der Waals surface area contributed by atoms with Crippen molar-refractivity contribution in [2.75, 3.05) is 26.2 Å². The topological polar surface area (TPSA) is 47.3 Å². The minimum Gasteiger partial charge on any atom is -0.325 e. The van der Waals surface area contributed by atoms with Crippen LogP contribution in [0.5, 0.6) is 0 Å². The highest BCUT2D eigenvalue weighted by Crippen LogP contribution is 2.03. The number of nitriles is 1. The molecule has 86 valence electrons. The maximum atomic E-state index is 11.9. The Morgan fingerprint density at radius 1 is 1.20 bits per heavy atom. The molecule has 4 nitrogen and oxygen atoms in total. The highest BCUT2D eigenvalue weighted by Gasteiger charge is 2.18. The largest absolute Gasteiger partial charge is 0.325 e. The second-order valence-electron chi connectivity index (χ2n) is 3.52. The average Bonchev–Trinajstić information content (AvgIpc) is 2.26. The summed E-state index contributed by atoms with van der Waals surface area (Å²) in [5, 5.41) is 8.71. The molecular weight excluding hydrogens is 190 g/mol. The minimum absolute atomic E-state index is 0.0320. The molecule has 0 rings (SSSR count). The Morgan fingerprint density at radius 3 is 2.00 bits per heavy atom. The number of carbonyl (C=O) groups excluding carboxylic acids is 1. The van der Waals surface area contributed by atoms with E-state index in [4.69, 9.17) is 5.26 Å². The van der Waals surface area contributed by atoms with Crippen molar-refractivity contribution in [1.29, 1.82) is 5.26 Å². The Hall–Kier alpha value is -1.24. The quantitative estimate of drug-likeness (QED) is 0.697. The van der Waals surface area contributed by atoms with Crippen LogP contribution in [-0.4, -0.2) is 42.0 Å². The first-order chi connectivity index (χ1) is 7.10. The molecule has 0 saturated carbocycles. The summed E-state index contributed by atoms with van der Waals surface area (Å²) in [6.07, 6.45) is 0. The van der Waals surface area contributed by atoms with Gasteiger partial charge in [-0.05, 0) is 27.7 Å². The zero-order valence-corrected chi connectivity index (χ0v) is 10.2. The SMILES string of the molecule is CCN(CC)C(=O)N(CC)CC(C)C#N. The van der Waals surface area contributed by atoms with Crippen LogP contribution in [-0.2, 0) is 0 Å². The van der Waals surface area contributed by atoms with E-state index in [2.05, 4.69) is 6.07 Å². The molecule has 0 aromatic rings. The van der Waals surface area contributed by atoms with Gasteiger partial charge in [0.2, 0.25) is 0 Å². The molecule has 0 radical (unpaired) electrons. The van der Waals surface area contributed by atoms with Crippen LogP contribution < -0.4 is 0 Å². The molecule has 15 heavy (non-hydrogen) atoms. The molecule has 0 aliphatic carbocycles. The fraction of sp³-hybridized carbons (Fsp3) is 0.818. The summed E-state index contributed by atoms with van der Waals surface area (Å²) >= 11 is 0. The van der Waals surface area contributed by atoms with Crippen molar-refractivity contribution in [3.63, 3.8) is 0 Å². The summed E-state index contributed by atoms with van der Waals surface area (Å²) in [6, 6.07) is 2.18. The van der Waals surface area contributed by atoms with Gasteiger partial charge in [-0.3, -0.25) is 0 Å². The summed E-state index contributed by atoms with van der Waals surface area (Å²) < 4.78 is 0. The first-order valence-corrected chi connectivity index (χ1v) is 5.54. The summed E-state index contributed by atoms with van der Waals surface area (Å²) in [5.41, 5.74) is 0. The van der Waals surface area contributed by atoms with Gasteiger partial charge in [0, 0.05) is 26.2 Å². The van der Waals surface area contributed by atoms with Crippen molar-refractivity contribution >= 4 is 6.03 Å². The zero-order valence-electron chi connectivity index (χ0n) is 10.2. The first kappa shape index (κ1) is 13.8. The van der Waals surface area contributed by atoms with Crippen LogP contribution in [0.3, 0.4) is 0 Å². The number of hydrogen-bond acceptors (Lipinski definition) is 2. The number of carbonyl (C=O) groups is 1. The first-order valence-electron chi connectivity index (χ1n) is 5.54. The van der Waals surface area contributed by atoms with Crippen molar-refractivity contribution < 1.29 is 4.79 Å². The molecule has 0 bridgehead atoms. The molecule has 0 aliphatic heterocycles. The monoisotopic (exact) mass is 211 g/mol. The summed E-state index contributed by atoms with van der Waals surface area (Å²) in [5.74, 6) is -0.107. The van der Waals surface area contributed by atoms with Crippen molar-refractivity contribution in [2.45, 2.75) is 27.7 Å². The number of urea groups is 1. The van der Waals surface area contributed by atoms with Crippen molar-refractivity contribution in [3.05, 3.63) is 0 Å². The second-order valence-corrected chi connectivity index (χ2v) is 3.52. The van der Waals surface area contributed by atoms with Gasteiger partial charge in [0.25, 0.3) is 0 Å². The molecule has 0 aromatic carbocycles. The smallest absolute Gasteiger partial charge is 0.320 e. The normalized spacial score (nSPS) is 11.7. The molecule has 0 aromatic heterocycles. The van der Waals surface area contributed by atoms with E-state index in [1.807, 2.05) is 27.7 Å². The zero-order chi connectivity index (χ0) is 11.8. The third kappa shape index (κ3) is 4.20. The molecule has 0 heterocycles. The van der Waals surface area contributed by atoms with E-state index < -0.39 is 0 Å². The Bertz CT molecular complexity index is 230. The lowest BCUT2D eigenvalue weighted by Crippen LogP contribution is -2.44. The Labute approximate surface area is 92.5 Å². The molecule has 0 spiro atoms. The molecule has 1 atom stereocenters. The molecule has 0 saturated heterocycles. The maximum Gasteiger partial charge on any atom is 0.320 e. The number of hydrogen-bond donors (Lipinski definition) is 0. The Balaban J connectivity index is 4.40. The van der Waals surface area contributed by atoms with Gasteiger partial charge in [-0.25, -0.2) is 4.79 Å². The third-order valence-electron chi connectivity index (χ3n) is 2.40. The average molecular weight is 211 g/mol. The van der Waals surface area contributed by atoms with Crippen molar-refractivity contribution in [2.24, 2.45) is 5.92 Å².